The summed E-state index contributed by atoms with van der Waals surface area (Å²) in [6.45, 7) is 2.67. The van der Waals surface area contributed by atoms with Crippen LogP contribution in [0.4, 0.5) is 0 Å². The highest BCUT2D eigenvalue weighted by Gasteiger charge is 2.17. The average molecular weight is 157 g/mol. The lowest BCUT2D eigenvalue weighted by Crippen LogP contribution is -2.47. The Labute approximate surface area is 66.5 Å². The van der Waals surface area contributed by atoms with Gasteiger partial charge >= 0.3 is 0 Å². The fraction of sp³-hybridized carbons (Fsp3) is 0.857. The summed E-state index contributed by atoms with van der Waals surface area (Å²) < 4.78 is 0. The van der Waals surface area contributed by atoms with Crippen LogP contribution in [0.2, 0.25) is 0 Å². The van der Waals surface area contributed by atoms with E-state index < -0.39 is 6.04 Å². The summed E-state index contributed by atoms with van der Waals surface area (Å²) in [5.74, 6) is -0.0793. The summed E-state index contributed by atoms with van der Waals surface area (Å²) >= 11 is 0. The first kappa shape index (κ1) is 8.49. The van der Waals surface area contributed by atoms with Crippen LogP contribution < -0.4 is 16.4 Å². The van der Waals surface area contributed by atoms with Crippen molar-refractivity contribution in [1.82, 2.24) is 10.6 Å². The number of hydrogen-bond acceptors (Lipinski definition) is 3. The smallest absolute Gasteiger partial charge is 0.237 e. The maximum absolute atomic E-state index is 11.0. The Balaban J connectivity index is 2.24. The molecule has 4 nitrogen and oxygen atoms in total. The van der Waals surface area contributed by atoms with Crippen molar-refractivity contribution in [3.8, 4) is 0 Å². The molecule has 0 aromatic heterocycles. The summed E-state index contributed by atoms with van der Waals surface area (Å²) in [4.78, 5) is 11.0. The van der Waals surface area contributed by atoms with E-state index in [0.717, 1.165) is 19.4 Å². The quantitative estimate of drug-likeness (QED) is 0.489. The molecule has 64 valence electrons. The number of rotatable bonds is 2. The summed E-state index contributed by atoms with van der Waals surface area (Å²) in [5.41, 5.74) is 5.37. The lowest BCUT2D eigenvalue weighted by molar-refractivity contribution is -0.122. The van der Waals surface area contributed by atoms with Crippen LogP contribution in [0.5, 0.6) is 0 Å². The van der Waals surface area contributed by atoms with E-state index in [4.69, 9.17) is 5.73 Å². The van der Waals surface area contributed by atoms with Crippen molar-refractivity contribution in [2.75, 3.05) is 6.54 Å². The number of amides is 1. The molecule has 4 N–H and O–H groups in total. The Morgan fingerprint density at radius 1 is 1.82 bits per heavy atom. The molecule has 1 aliphatic rings. The number of carbonyl (C=O) groups is 1. The third-order valence-electron chi connectivity index (χ3n) is 1.79. The first-order valence-corrected chi connectivity index (χ1v) is 3.99. The topological polar surface area (TPSA) is 67.2 Å². The highest BCUT2D eigenvalue weighted by Crippen LogP contribution is 2.01. The van der Waals surface area contributed by atoms with Gasteiger partial charge in [-0.25, -0.2) is 0 Å². The third-order valence-corrected chi connectivity index (χ3v) is 1.79. The highest BCUT2D eigenvalue weighted by molar-refractivity contribution is 5.81. The van der Waals surface area contributed by atoms with Gasteiger partial charge in [0, 0.05) is 0 Å². The first-order chi connectivity index (χ1) is 5.20. The molecule has 0 bridgehead atoms. The number of nitrogens with one attached hydrogen (secondary N) is 2. The molecule has 0 aliphatic carbocycles. The van der Waals surface area contributed by atoms with E-state index in [9.17, 15) is 4.79 Å². The minimum atomic E-state index is -0.405. The Morgan fingerprint density at radius 3 is 3.00 bits per heavy atom. The van der Waals surface area contributed by atoms with Crippen molar-refractivity contribution in [2.45, 2.75) is 32.0 Å². The molecule has 1 aliphatic heterocycles. The van der Waals surface area contributed by atoms with Crippen LogP contribution in [-0.2, 0) is 4.79 Å². The van der Waals surface area contributed by atoms with Crippen LogP contribution in [0.1, 0.15) is 19.8 Å². The van der Waals surface area contributed by atoms with E-state index in [2.05, 4.69) is 10.6 Å². The molecular formula is C7H15N3O. The predicted octanol–water partition coefficient (Wildman–Crippen LogP) is -0.841. The van der Waals surface area contributed by atoms with Crippen LogP contribution in [-0.4, -0.2) is 24.7 Å². The molecule has 1 fully saturated rings. The highest BCUT2D eigenvalue weighted by atomic mass is 16.2. The second-order valence-corrected chi connectivity index (χ2v) is 2.95. The van der Waals surface area contributed by atoms with Gasteiger partial charge < -0.3 is 11.1 Å². The third kappa shape index (κ3) is 2.48. The minimum absolute atomic E-state index is 0.0793. The Morgan fingerprint density at radius 2 is 2.55 bits per heavy atom. The first-order valence-electron chi connectivity index (χ1n) is 3.99. The van der Waals surface area contributed by atoms with Crippen LogP contribution in [0.3, 0.4) is 0 Å². The van der Waals surface area contributed by atoms with E-state index in [1.807, 2.05) is 0 Å². The fourth-order valence-corrected chi connectivity index (χ4v) is 1.11. The molecule has 2 unspecified atom stereocenters. The molecule has 2 atom stereocenters. The van der Waals surface area contributed by atoms with E-state index in [1.165, 1.54) is 0 Å². The van der Waals surface area contributed by atoms with Gasteiger partial charge in [0.2, 0.25) is 5.91 Å². The summed E-state index contributed by atoms with van der Waals surface area (Å²) in [5, 5.41) is 5.96. The summed E-state index contributed by atoms with van der Waals surface area (Å²) in [6.07, 6.45) is 2.29. The van der Waals surface area contributed by atoms with Gasteiger partial charge in [-0.2, -0.15) is 0 Å². The van der Waals surface area contributed by atoms with E-state index in [1.54, 1.807) is 6.92 Å². The Hall–Kier alpha value is -0.610. The van der Waals surface area contributed by atoms with Gasteiger partial charge in [0.15, 0.2) is 0 Å². The lowest BCUT2D eigenvalue weighted by Gasteiger charge is -2.13. The van der Waals surface area contributed by atoms with Crippen molar-refractivity contribution in [3.05, 3.63) is 0 Å². The monoisotopic (exact) mass is 157 g/mol. The molecule has 1 saturated heterocycles. The predicted molar refractivity (Wildman–Crippen MR) is 42.8 cm³/mol. The maximum Gasteiger partial charge on any atom is 0.237 e. The SMILES string of the molecule is CC(N)C(=O)NC1CCCN1. The minimum Gasteiger partial charge on any atom is -0.339 e. The van der Waals surface area contributed by atoms with Crippen molar-refractivity contribution < 1.29 is 4.79 Å². The Kier molecular flexibility index (Phi) is 2.84. The fourth-order valence-electron chi connectivity index (χ4n) is 1.11. The van der Waals surface area contributed by atoms with Crippen LogP contribution in [0, 0.1) is 0 Å². The van der Waals surface area contributed by atoms with Gasteiger partial charge in [-0.05, 0) is 26.3 Å². The van der Waals surface area contributed by atoms with Gasteiger partial charge in [0.25, 0.3) is 0 Å². The molecular weight excluding hydrogens is 142 g/mol. The molecule has 0 aromatic rings. The second-order valence-electron chi connectivity index (χ2n) is 2.95. The summed E-state index contributed by atoms with van der Waals surface area (Å²) in [6, 6.07) is -0.405. The zero-order valence-electron chi connectivity index (χ0n) is 6.76. The molecule has 4 heteroatoms. The Bertz CT molecular complexity index is 141. The zero-order valence-corrected chi connectivity index (χ0v) is 6.76. The molecule has 0 aromatic carbocycles. The maximum atomic E-state index is 11.0. The van der Waals surface area contributed by atoms with Crippen molar-refractivity contribution in [3.63, 3.8) is 0 Å². The normalized spacial score (nSPS) is 26.5. The van der Waals surface area contributed by atoms with Crippen molar-refractivity contribution in [1.29, 1.82) is 0 Å². The largest absolute Gasteiger partial charge is 0.339 e. The number of hydrogen-bond donors (Lipinski definition) is 3. The molecule has 0 radical (unpaired) electrons. The zero-order chi connectivity index (χ0) is 8.27. The number of carbonyl (C=O) groups excluding carboxylic acids is 1. The summed E-state index contributed by atoms with van der Waals surface area (Å²) in [7, 11) is 0. The van der Waals surface area contributed by atoms with Gasteiger partial charge in [-0.15, -0.1) is 0 Å². The molecule has 0 saturated carbocycles. The van der Waals surface area contributed by atoms with Gasteiger partial charge in [0.05, 0.1) is 12.2 Å². The van der Waals surface area contributed by atoms with E-state index >= 15 is 0 Å². The van der Waals surface area contributed by atoms with E-state index in [-0.39, 0.29) is 12.1 Å². The molecule has 1 amide bonds. The average Bonchev–Trinajstić information content (AvgIpc) is 2.39. The van der Waals surface area contributed by atoms with E-state index in [0.29, 0.717) is 0 Å². The van der Waals surface area contributed by atoms with Crippen molar-refractivity contribution in [2.24, 2.45) is 5.73 Å². The second kappa shape index (κ2) is 3.69. The molecule has 1 heterocycles. The lowest BCUT2D eigenvalue weighted by atomic mass is 10.3. The molecule has 11 heavy (non-hydrogen) atoms. The molecule has 0 spiro atoms. The standard InChI is InChI=1S/C7H15N3O/c1-5(8)7(11)10-6-3-2-4-9-6/h5-6,9H,2-4,8H2,1H3,(H,10,11). The van der Waals surface area contributed by atoms with Crippen molar-refractivity contribution >= 4 is 5.91 Å². The van der Waals surface area contributed by atoms with Gasteiger partial charge in [-0.3, -0.25) is 10.1 Å². The number of nitrogens with two attached hydrogens (primary N) is 1. The van der Waals surface area contributed by atoms with Gasteiger partial charge in [-0.1, -0.05) is 0 Å². The van der Waals surface area contributed by atoms with Crippen LogP contribution in [0.15, 0.2) is 0 Å². The molecule has 1 rings (SSSR count). The van der Waals surface area contributed by atoms with Gasteiger partial charge in [0.1, 0.15) is 0 Å². The van der Waals surface area contributed by atoms with Crippen LogP contribution in [0.25, 0.3) is 0 Å². The van der Waals surface area contributed by atoms with Crippen LogP contribution >= 0.6 is 0 Å².